The molecule has 0 saturated heterocycles. The molecule has 88 valence electrons. The fourth-order valence-corrected chi connectivity index (χ4v) is 1.14. The normalized spacial score (nSPS) is 11.9. The van der Waals surface area contributed by atoms with Crippen molar-refractivity contribution >= 4 is 5.97 Å². The predicted octanol–water partition coefficient (Wildman–Crippen LogP) is 0.438. The molecule has 1 heterocycles. The van der Waals surface area contributed by atoms with Crippen LogP contribution >= 0.6 is 0 Å². The van der Waals surface area contributed by atoms with Crippen molar-refractivity contribution in [2.24, 2.45) is 5.73 Å². The molecule has 2 N–H and O–H groups in total. The molecule has 6 heteroatoms. The standard InChI is InChI=1S/C10H15N3O3/c1-3-16-9(14)4-8(11)7-5-12-10(15-2)13-6-7/h5-6,8H,3-4,11H2,1-2H3. The Kier molecular flexibility index (Phi) is 4.65. The molecule has 0 bridgehead atoms. The van der Waals surface area contributed by atoms with Gasteiger partial charge in [-0.25, -0.2) is 9.97 Å². The number of aromatic nitrogens is 2. The van der Waals surface area contributed by atoms with Crippen molar-refractivity contribution in [1.29, 1.82) is 0 Å². The fraction of sp³-hybridized carbons (Fsp3) is 0.500. The van der Waals surface area contributed by atoms with Crippen LogP contribution in [-0.2, 0) is 9.53 Å². The highest BCUT2D eigenvalue weighted by Crippen LogP contribution is 2.13. The second kappa shape index (κ2) is 6.02. The molecule has 0 spiro atoms. The van der Waals surface area contributed by atoms with Crippen LogP contribution in [0, 0.1) is 0 Å². The van der Waals surface area contributed by atoms with E-state index < -0.39 is 6.04 Å². The minimum atomic E-state index is -0.454. The SMILES string of the molecule is CCOC(=O)CC(N)c1cnc(OC)nc1. The van der Waals surface area contributed by atoms with E-state index in [0.717, 1.165) is 0 Å². The molecule has 1 unspecified atom stereocenters. The van der Waals surface area contributed by atoms with E-state index in [2.05, 4.69) is 9.97 Å². The molecule has 0 radical (unpaired) electrons. The summed E-state index contributed by atoms with van der Waals surface area (Å²) in [6.07, 6.45) is 3.19. The molecule has 0 aliphatic rings. The molecule has 0 fully saturated rings. The van der Waals surface area contributed by atoms with E-state index >= 15 is 0 Å². The Bertz CT molecular complexity index is 340. The molecule has 1 aromatic heterocycles. The van der Waals surface area contributed by atoms with Gasteiger partial charge in [-0.05, 0) is 6.92 Å². The molecule has 16 heavy (non-hydrogen) atoms. The van der Waals surface area contributed by atoms with E-state index in [1.54, 1.807) is 6.92 Å². The maximum Gasteiger partial charge on any atom is 0.316 e. The molecule has 0 amide bonds. The Morgan fingerprint density at radius 2 is 2.12 bits per heavy atom. The zero-order valence-electron chi connectivity index (χ0n) is 9.34. The van der Waals surface area contributed by atoms with Gasteiger partial charge in [-0.2, -0.15) is 0 Å². The average molecular weight is 225 g/mol. The van der Waals surface area contributed by atoms with Crippen LogP contribution < -0.4 is 10.5 Å². The number of methoxy groups -OCH3 is 1. The Morgan fingerprint density at radius 3 is 2.62 bits per heavy atom. The van der Waals surface area contributed by atoms with Crippen LogP contribution in [-0.4, -0.2) is 29.7 Å². The number of rotatable bonds is 5. The van der Waals surface area contributed by atoms with Gasteiger partial charge in [0.1, 0.15) is 0 Å². The molecule has 1 aromatic rings. The first-order chi connectivity index (χ1) is 7.67. The lowest BCUT2D eigenvalue weighted by Gasteiger charge is -2.10. The monoisotopic (exact) mass is 225 g/mol. The minimum Gasteiger partial charge on any atom is -0.467 e. The number of nitrogens with two attached hydrogens (primary N) is 1. The van der Waals surface area contributed by atoms with Crippen LogP contribution in [0.2, 0.25) is 0 Å². The third kappa shape index (κ3) is 3.47. The van der Waals surface area contributed by atoms with Gasteiger partial charge in [-0.3, -0.25) is 4.79 Å². The summed E-state index contributed by atoms with van der Waals surface area (Å²) in [7, 11) is 1.48. The molecule has 0 aromatic carbocycles. The quantitative estimate of drug-likeness (QED) is 0.731. The van der Waals surface area contributed by atoms with Crippen LogP contribution in [0.25, 0.3) is 0 Å². The lowest BCUT2D eigenvalue weighted by molar-refractivity contribution is -0.143. The van der Waals surface area contributed by atoms with Gasteiger partial charge in [0.15, 0.2) is 0 Å². The first-order valence-electron chi connectivity index (χ1n) is 4.94. The fourth-order valence-electron chi connectivity index (χ4n) is 1.14. The first-order valence-corrected chi connectivity index (χ1v) is 4.94. The van der Waals surface area contributed by atoms with Gasteiger partial charge < -0.3 is 15.2 Å². The number of esters is 1. The van der Waals surface area contributed by atoms with Gasteiger partial charge in [-0.15, -0.1) is 0 Å². The van der Waals surface area contributed by atoms with Crippen molar-refractivity contribution in [1.82, 2.24) is 9.97 Å². The van der Waals surface area contributed by atoms with E-state index in [0.29, 0.717) is 12.2 Å². The third-order valence-corrected chi connectivity index (χ3v) is 1.95. The summed E-state index contributed by atoms with van der Waals surface area (Å²) in [5.41, 5.74) is 6.47. The van der Waals surface area contributed by atoms with Crippen molar-refractivity contribution in [3.63, 3.8) is 0 Å². The van der Waals surface area contributed by atoms with Crippen LogP contribution in [0.1, 0.15) is 24.9 Å². The summed E-state index contributed by atoms with van der Waals surface area (Å²) >= 11 is 0. The predicted molar refractivity (Wildman–Crippen MR) is 56.8 cm³/mol. The van der Waals surface area contributed by atoms with Gasteiger partial charge in [0.2, 0.25) is 0 Å². The lowest BCUT2D eigenvalue weighted by Crippen LogP contribution is -2.17. The number of carbonyl (C=O) groups is 1. The number of hydrogen-bond donors (Lipinski definition) is 1. The Morgan fingerprint density at radius 1 is 1.50 bits per heavy atom. The second-order valence-corrected chi connectivity index (χ2v) is 3.12. The Hall–Kier alpha value is -1.69. The smallest absolute Gasteiger partial charge is 0.316 e. The first kappa shape index (κ1) is 12.4. The summed E-state index contributed by atoms with van der Waals surface area (Å²) < 4.78 is 9.61. The number of hydrogen-bond acceptors (Lipinski definition) is 6. The van der Waals surface area contributed by atoms with Gasteiger partial charge >= 0.3 is 12.0 Å². The minimum absolute atomic E-state index is 0.115. The summed E-state index contributed by atoms with van der Waals surface area (Å²) in [6, 6.07) is -0.183. The Labute approximate surface area is 93.8 Å². The van der Waals surface area contributed by atoms with Crippen LogP contribution in [0.3, 0.4) is 0 Å². The van der Waals surface area contributed by atoms with Crippen molar-refractivity contribution in [2.45, 2.75) is 19.4 Å². The molecule has 1 rings (SSSR count). The maximum absolute atomic E-state index is 11.2. The molecule has 0 saturated carbocycles. The highest BCUT2D eigenvalue weighted by molar-refractivity contribution is 5.70. The molecule has 0 aliphatic heterocycles. The van der Waals surface area contributed by atoms with Crippen molar-refractivity contribution < 1.29 is 14.3 Å². The van der Waals surface area contributed by atoms with Gasteiger partial charge in [0.05, 0.1) is 20.1 Å². The van der Waals surface area contributed by atoms with E-state index in [1.807, 2.05) is 0 Å². The van der Waals surface area contributed by atoms with Crippen molar-refractivity contribution in [3.05, 3.63) is 18.0 Å². The topological polar surface area (TPSA) is 87.3 Å². The lowest BCUT2D eigenvalue weighted by atomic mass is 10.1. The van der Waals surface area contributed by atoms with Crippen LogP contribution in [0.15, 0.2) is 12.4 Å². The van der Waals surface area contributed by atoms with Crippen molar-refractivity contribution in [3.8, 4) is 6.01 Å². The second-order valence-electron chi connectivity index (χ2n) is 3.12. The molecular formula is C10H15N3O3. The maximum atomic E-state index is 11.2. The van der Waals surface area contributed by atoms with E-state index in [-0.39, 0.29) is 18.4 Å². The summed E-state index contributed by atoms with van der Waals surface area (Å²) in [5.74, 6) is -0.328. The van der Waals surface area contributed by atoms with Crippen LogP contribution in [0.4, 0.5) is 0 Å². The summed E-state index contributed by atoms with van der Waals surface area (Å²) in [6.45, 7) is 2.10. The van der Waals surface area contributed by atoms with Crippen molar-refractivity contribution in [2.75, 3.05) is 13.7 Å². The number of nitrogens with zero attached hydrogens (tertiary/aromatic N) is 2. The van der Waals surface area contributed by atoms with Gasteiger partial charge in [-0.1, -0.05) is 0 Å². The largest absolute Gasteiger partial charge is 0.467 e. The molecule has 0 aliphatic carbocycles. The number of carbonyl (C=O) groups excluding carboxylic acids is 1. The van der Waals surface area contributed by atoms with E-state index in [4.69, 9.17) is 15.2 Å². The van der Waals surface area contributed by atoms with Crippen LogP contribution in [0.5, 0.6) is 6.01 Å². The molecular weight excluding hydrogens is 210 g/mol. The summed E-state index contributed by atoms with van der Waals surface area (Å²) in [4.78, 5) is 19.0. The highest BCUT2D eigenvalue weighted by Gasteiger charge is 2.13. The average Bonchev–Trinajstić information content (AvgIpc) is 2.29. The van der Waals surface area contributed by atoms with Gasteiger partial charge in [0.25, 0.3) is 0 Å². The van der Waals surface area contributed by atoms with Gasteiger partial charge in [0, 0.05) is 24.0 Å². The highest BCUT2D eigenvalue weighted by atomic mass is 16.5. The molecule has 1 atom stereocenters. The third-order valence-electron chi connectivity index (χ3n) is 1.95. The zero-order valence-corrected chi connectivity index (χ0v) is 9.34. The zero-order chi connectivity index (χ0) is 12.0. The Balaban J connectivity index is 2.58. The van der Waals surface area contributed by atoms with E-state index in [1.165, 1.54) is 19.5 Å². The number of ether oxygens (including phenoxy) is 2. The van der Waals surface area contributed by atoms with E-state index in [9.17, 15) is 4.79 Å². The summed E-state index contributed by atoms with van der Waals surface area (Å²) in [5, 5.41) is 0. The molecule has 6 nitrogen and oxygen atoms in total.